The molecule has 2 rings (SSSR count). The summed E-state index contributed by atoms with van der Waals surface area (Å²) in [5, 5.41) is 3.01. The van der Waals surface area contributed by atoms with Crippen LogP contribution in [0.4, 0.5) is 0 Å². The molecule has 1 amide bonds. The molecule has 1 heterocycles. The number of hydrogen-bond donors (Lipinski definition) is 2. The van der Waals surface area contributed by atoms with E-state index >= 15 is 0 Å². The molecule has 1 aliphatic heterocycles. The lowest BCUT2D eigenvalue weighted by atomic mass is 10.00. The Balaban J connectivity index is 1.64. The molecular weight excluding hydrogens is 252 g/mol. The van der Waals surface area contributed by atoms with E-state index in [0.717, 1.165) is 38.2 Å². The van der Waals surface area contributed by atoms with E-state index in [1.165, 1.54) is 0 Å². The van der Waals surface area contributed by atoms with Crippen LogP contribution in [0.1, 0.15) is 37.3 Å². The highest BCUT2D eigenvalue weighted by Gasteiger charge is 2.15. The van der Waals surface area contributed by atoms with Gasteiger partial charge in [0, 0.05) is 32.2 Å². The van der Waals surface area contributed by atoms with Gasteiger partial charge in [-0.05, 0) is 30.7 Å². The van der Waals surface area contributed by atoms with Gasteiger partial charge in [0.2, 0.25) is 5.91 Å². The van der Waals surface area contributed by atoms with Crippen molar-refractivity contribution in [1.82, 2.24) is 5.32 Å². The van der Waals surface area contributed by atoms with Gasteiger partial charge in [-0.15, -0.1) is 0 Å². The predicted octanol–water partition coefficient (Wildman–Crippen LogP) is 2.01. The van der Waals surface area contributed by atoms with Crippen molar-refractivity contribution in [3.63, 3.8) is 0 Å². The molecule has 4 nitrogen and oxygen atoms in total. The molecule has 4 heteroatoms. The predicted molar refractivity (Wildman–Crippen MR) is 79.2 cm³/mol. The molecule has 3 N–H and O–H groups in total. The molecule has 1 aromatic rings. The van der Waals surface area contributed by atoms with Crippen LogP contribution in [-0.4, -0.2) is 25.7 Å². The number of amides is 1. The number of carbonyl (C=O) groups is 1. The molecule has 1 saturated heterocycles. The number of rotatable bonds is 6. The number of benzene rings is 1. The summed E-state index contributed by atoms with van der Waals surface area (Å²) in [6.07, 6.45) is 3.26. The van der Waals surface area contributed by atoms with Gasteiger partial charge in [-0.1, -0.05) is 30.3 Å². The maximum Gasteiger partial charge on any atom is 0.220 e. The third-order valence-electron chi connectivity index (χ3n) is 3.84. The summed E-state index contributed by atoms with van der Waals surface area (Å²) in [6, 6.07) is 9.86. The van der Waals surface area contributed by atoms with Crippen LogP contribution >= 0.6 is 0 Å². The summed E-state index contributed by atoms with van der Waals surface area (Å²) >= 11 is 0. The Bertz CT molecular complexity index is 402. The van der Waals surface area contributed by atoms with Gasteiger partial charge in [-0.2, -0.15) is 0 Å². The number of hydrogen-bond acceptors (Lipinski definition) is 3. The lowest BCUT2D eigenvalue weighted by Gasteiger charge is -2.22. The van der Waals surface area contributed by atoms with Crippen LogP contribution < -0.4 is 11.1 Å². The van der Waals surface area contributed by atoms with Crippen molar-refractivity contribution in [1.29, 1.82) is 0 Å². The van der Waals surface area contributed by atoms with Crippen molar-refractivity contribution >= 4 is 5.91 Å². The van der Waals surface area contributed by atoms with E-state index in [1.807, 2.05) is 30.3 Å². The second-order valence-corrected chi connectivity index (χ2v) is 5.42. The van der Waals surface area contributed by atoms with Gasteiger partial charge < -0.3 is 15.8 Å². The molecule has 1 fully saturated rings. The maximum atomic E-state index is 11.8. The van der Waals surface area contributed by atoms with E-state index in [2.05, 4.69) is 5.32 Å². The monoisotopic (exact) mass is 276 g/mol. The van der Waals surface area contributed by atoms with E-state index in [1.54, 1.807) is 0 Å². The minimum Gasteiger partial charge on any atom is -0.381 e. The number of nitrogens with one attached hydrogen (secondary N) is 1. The fourth-order valence-electron chi connectivity index (χ4n) is 2.45. The first kappa shape index (κ1) is 15.0. The highest BCUT2D eigenvalue weighted by molar-refractivity contribution is 5.75. The summed E-state index contributed by atoms with van der Waals surface area (Å²) in [4.78, 5) is 11.8. The quantitative estimate of drug-likeness (QED) is 0.835. The normalized spacial score (nSPS) is 17.6. The molecule has 1 aromatic carbocycles. The zero-order valence-corrected chi connectivity index (χ0v) is 11.9. The minimum absolute atomic E-state index is 0.0648. The number of ether oxygens (including phenoxy) is 1. The Hall–Kier alpha value is -1.39. The van der Waals surface area contributed by atoms with E-state index in [9.17, 15) is 4.79 Å². The van der Waals surface area contributed by atoms with Gasteiger partial charge >= 0.3 is 0 Å². The van der Waals surface area contributed by atoms with Gasteiger partial charge in [0.15, 0.2) is 0 Å². The zero-order valence-electron chi connectivity index (χ0n) is 11.9. The molecular formula is C16H24N2O2. The van der Waals surface area contributed by atoms with Crippen molar-refractivity contribution < 1.29 is 9.53 Å². The first-order valence-electron chi connectivity index (χ1n) is 7.40. The summed E-state index contributed by atoms with van der Waals surface area (Å²) in [5.74, 6) is 0.665. The highest BCUT2D eigenvalue weighted by atomic mass is 16.5. The Morgan fingerprint density at radius 2 is 2.00 bits per heavy atom. The smallest absolute Gasteiger partial charge is 0.220 e. The molecule has 0 radical (unpaired) electrons. The SMILES string of the molecule is NC(CCC(=O)NCC1CCOCC1)c1ccccc1. The van der Waals surface area contributed by atoms with Crippen molar-refractivity contribution in [3.8, 4) is 0 Å². The van der Waals surface area contributed by atoms with Crippen molar-refractivity contribution in [2.24, 2.45) is 11.7 Å². The zero-order chi connectivity index (χ0) is 14.2. The van der Waals surface area contributed by atoms with E-state index in [-0.39, 0.29) is 11.9 Å². The first-order chi connectivity index (χ1) is 9.75. The van der Waals surface area contributed by atoms with Crippen molar-refractivity contribution in [2.45, 2.75) is 31.7 Å². The maximum absolute atomic E-state index is 11.8. The summed E-state index contributed by atoms with van der Waals surface area (Å²) < 4.78 is 5.31. The minimum atomic E-state index is -0.0648. The van der Waals surface area contributed by atoms with Crippen LogP contribution in [0.2, 0.25) is 0 Å². The fraction of sp³-hybridized carbons (Fsp3) is 0.562. The standard InChI is InChI=1S/C16H24N2O2/c17-15(14-4-2-1-3-5-14)6-7-16(19)18-12-13-8-10-20-11-9-13/h1-5,13,15H,6-12,17H2,(H,18,19). The van der Waals surface area contributed by atoms with E-state index < -0.39 is 0 Å². The molecule has 110 valence electrons. The number of carbonyl (C=O) groups excluding carboxylic acids is 1. The molecule has 20 heavy (non-hydrogen) atoms. The molecule has 0 aromatic heterocycles. The highest BCUT2D eigenvalue weighted by Crippen LogP contribution is 2.16. The first-order valence-corrected chi connectivity index (χ1v) is 7.40. The van der Waals surface area contributed by atoms with Gasteiger partial charge in [-0.3, -0.25) is 4.79 Å². The topological polar surface area (TPSA) is 64.4 Å². The lowest BCUT2D eigenvalue weighted by molar-refractivity contribution is -0.121. The van der Waals surface area contributed by atoms with Gasteiger partial charge in [0.25, 0.3) is 0 Å². The average molecular weight is 276 g/mol. The summed E-state index contributed by atoms with van der Waals surface area (Å²) in [5.41, 5.74) is 7.17. The van der Waals surface area contributed by atoms with Crippen LogP contribution in [0.15, 0.2) is 30.3 Å². The second kappa shape index (κ2) is 8.02. The largest absolute Gasteiger partial charge is 0.381 e. The van der Waals surface area contributed by atoms with Gasteiger partial charge in [-0.25, -0.2) is 0 Å². The molecule has 1 atom stereocenters. The van der Waals surface area contributed by atoms with E-state index in [4.69, 9.17) is 10.5 Å². The van der Waals surface area contributed by atoms with Crippen LogP contribution in [0.5, 0.6) is 0 Å². The molecule has 0 bridgehead atoms. The summed E-state index contributed by atoms with van der Waals surface area (Å²) in [7, 11) is 0. The fourth-order valence-corrected chi connectivity index (χ4v) is 2.45. The Morgan fingerprint density at radius 3 is 2.70 bits per heavy atom. The Kier molecular flexibility index (Phi) is 6.02. The average Bonchev–Trinajstić information content (AvgIpc) is 2.52. The summed E-state index contributed by atoms with van der Waals surface area (Å²) in [6.45, 7) is 2.40. The van der Waals surface area contributed by atoms with Gasteiger partial charge in [0.1, 0.15) is 0 Å². The third-order valence-corrected chi connectivity index (χ3v) is 3.84. The Morgan fingerprint density at radius 1 is 1.30 bits per heavy atom. The second-order valence-electron chi connectivity index (χ2n) is 5.42. The van der Waals surface area contributed by atoms with Gasteiger partial charge in [0.05, 0.1) is 0 Å². The molecule has 1 aliphatic rings. The van der Waals surface area contributed by atoms with E-state index in [0.29, 0.717) is 18.8 Å². The van der Waals surface area contributed by atoms with Crippen molar-refractivity contribution in [2.75, 3.05) is 19.8 Å². The molecule has 0 aliphatic carbocycles. The molecule has 0 saturated carbocycles. The third kappa shape index (κ3) is 4.94. The van der Waals surface area contributed by atoms with Crippen LogP contribution in [0.3, 0.4) is 0 Å². The van der Waals surface area contributed by atoms with Crippen molar-refractivity contribution in [3.05, 3.63) is 35.9 Å². The van der Waals surface area contributed by atoms with Crippen LogP contribution in [-0.2, 0) is 9.53 Å². The van der Waals surface area contributed by atoms with Crippen LogP contribution in [0.25, 0.3) is 0 Å². The van der Waals surface area contributed by atoms with Crippen LogP contribution in [0, 0.1) is 5.92 Å². The lowest BCUT2D eigenvalue weighted by Crippen LogP contribution is -2.32. The Labute approximate surface area is 120 Å². The number of nitrogens with two attached hydrogens (primary N) is 1. The molecule has 0 spiro atoms. The molecule has 1 unspecified atom stereocenters.